The Morgan fingerprint density at radius 3 is 2.84 bits per heavy atom. The highest BCUT2D eigenvalue weighted by Crippen LogP contribution is 2.15. The van der Waals surface area contributed by atoms with Crippen LogP contribution in [0.5, 0.6) is 5.75 Å². The van der Waals surface area contributed by atoms with Gasteiger partial charge in [-0.05, 0) is 42.8 Å². The van der Waals surface area contributed by atoms with Gasteiger partial charge in [0.2, 0.25) is 5.91 Å². The van der Waals surface area contributed by atoms with Crippen LogP contribution in [0.1, 0.15) is 50.4 Å². The van der Waals surface area contributed by atoms with Crippen molar-refractivity contribution in [1.82, 2.24) is 15.5 Å². The van der Waals surface area contributed by atoms with Crippen LogP contribution in [-0.2, 0) is 14.3 Å². The first-order chi connectivity index (χ1) is 14.8. The molecule has 31 heavy (non-hydrogen) atoms. The minimum absolute atomic E-state index is 0.0970. The molecule has 1 heterocycles. The van der Waals surface area contributed by atoms with Gasteiger partial charge in [0.05, 0.1) is 19.6 Å². The van der Waals surface area contributed by atoms with Gasteiger partial charge in [0.25, 0.3) is 5.91 Å². The number of carbonyl (C=O) groups is 3. The van der Waals surface area contributed by atoms with Crippen LogP contribution in [0.3, 0.4) is 0 Å². The molecule has 2 N–H and O–H groups in total. The van der Waals surface area contributed by atoms with E-state index in [0.717, 1.165) is 12.8 Å². The summed E-state index contributed by atoms with van der Waals surface area (Å²) in [7, 11) is 0. The summed E-state index contributed by atoms with van der Waals surface area (Å²) in [4.78, 5) is 38.7. The third-order valence-electron chi connectivity index (χ3n) is 4.61. The average molecular weight is 450 g/mol. The molecule has 0 spiro atoms. The molecule has 0 saturated carbocycles. The molecule has 1 aliphatic rings. The van der Waals surface area contributed by atoms with Gasteiger partial charge < -0.3 is 19.7 Å². The van der Waals surface area contributed by atoms with Gasteiger partial charge in [-0.1, -0.05) is 33.3 Å². The molecule has 2 amide bonds. The van der Waals surface area contributed by atoms with Gasteiger partial charge in [0.1, 0.15) is 11.8 Å². The van der Waals surface area contributed by atoms with Crippen LogP contribution in [0.2, 0.25) is 0 Å². The minimum Gasteiger partial charge on any atom is -0.493 e. The molecule has 1 aromatic rings. The van der Waals surface area contributed by atoms with Gasteiger partial charge in [0.15, 0.2) is 5.11 Å². The molecule has 9 heteroatoms. The van der Waals surface area contributed by atoms with Crippen molar-refractivity contribution in [3.63, 3.8) is 0 Å². The van der Waals surface area contributed by atoms with Crippen LogP contribution in [0.4, 0.5) is 0 Å². The molecule has 1 aromatic carbocycles. The summed E-state index contributed by atoms with van der Waals surface area (Å²) in [6.45, 7) is 7.70. The highest BCUT2D eigenvalue weighted by atomic mass is 32.1. The van der Waals surface area contributed by atoms with Gasteiger partial charge >= 0.3 is 5.97 Å². The SMILES string of the molecule is CCCCOC(=O)CC1C(=O)NCCN1C(=S)NC(=O)c1cccc(OCC(C)C)c1. The Bertz CT molecular complexity index is 799. The molecule has 1 unspecified atom stereocenters. The molecule has 1 atom stereocenters. The summed E-state index contributed by atoms with van der Waals surface area (Å²) < 4.78 is 10.8. The van der Waals surface area contributed by atoms with E-state index in [1.807, 2.05) is 20.8 Å². The number of hydrogen-bond acceptors (Lipinski definition) is 6. The van der Waals surface area contributed by atoms with Crippen LogP contribution in [0.25, 0.3) is 0 Å². The van der Waals surface area contributed by atoms with Crippen molar-refractivity contribution in [2.75, 3.05) is 26.3 Å². The third kappa shape index (κ3) is 7.82. The number of thiocarbonyl (C=S) groups is 1. The quantitative estimate of drug-likeness (QED) is 0.339. The number of nitrogens with one attached hydrogen (secondary N) is 2. The summed E-state index contributed by atoms with van der Waals surface area (Å²) >= 11 is 5.39. The highest BCUT2D eigenvalue weighted by Gasteiger charge is 2.34. The fourth-order valence-corrected chi connectivity index (χ4v) is 3.25. The van der Waals surface area contributed by atoms with E-state index in [4.69, 9.17) is 21.7 Å². The Labute approximate surface area is 188 Å². The first-order valence-electron chi connectivity index (χ1n) is 10.6. The number of rotatable bonds is 9. The number of nitrogens with zero attached hydrogens (tertiary/aromatic N) is 1. The van der Waals surface area contributed by atoms with Crippen LogP contribution in [0.15, 0.2) is 24.3 Å². The van der Waals surface area contributed by atoms with E-state index in [9.17, 15) is 14.4 Å². The highest BCUT2D eigenvalue weighted by molar-refractivity contribution is 7.80. The Balaban J connectivity index is 2.01. The van der Waals surface area contributed by atoms with Crippen LogP contribution in [-0.4, -0.2) is 60.1 Å². The van der Waals surface area contributed by atoms with Crippen molar-refractivity contribution in [1.29, 1.82) is 0 Å². The Hall–Kier alpha value is -2.68. The van der Waals surface area contributed by atoms with Gasteiger partial charge in [-0.2, -0.15) is 0 Å². The molecule has 1 saturated heterocycles. The largest absolute Gasteiger partial charge is 0.493 e. The normalized spacial score (nSPS) is 15.9. The van der Waals surface area contributed by atoms with E-state index in [2.05, 4.69) is 10.6 Å². The number of ether oxygens (including phenoxy) is 2. The van der Waals surface area contributed by atoms with Crippen molar-refractivity contribution >= 4 is 35.1 Å². The van der Waals surface area contributed by atoms with Crippen LogP contribution < -0.4 is 15.4 Å². The topological polar surface area (TPSA) is 97.0 Å². The smallest absolute Gasteiger partial charge is 0.308 e. The molecule has 0 bridgehead atoms. The summed E-state index contributed by atoms with van der Waals surface area (Å²) in [6, 6.07) is 6.00. The maximum atomic E-state index is 12.7. The lowest BCUT2D eigenvalue weighted by Crippen LogP contribution is -2.60. The number of amides is 2. The zero-order valence-corrected chi connectivity index (χ0v) is 19.1. The second kappa shape index (κ2) is 12.2. The minimum atomic E-state index is -0.823. The summed E-state index contributed by atoms with van der Waals surface area (Å²) in [5.74, 6) is -0.238. The molecule has 1 fully saturated rings. The molecule has 2 rings (SSSR count). The van der Waals surface area contributed by atoms with Crippen molar-refractivity contribution in [3.05, 3.63) is 29.8 Å². The Kier molecular flexibility index (Phi) is 9.71. The van der Waals surface area contributed by atoms with E-state index in [1.54, 1.807) is 29.2 Å². The number of benzene rings is 1. The summed E-state index contributed by atoms with van der Waals surface area (Å²) in [5, 5.41) is 5.49. The fraction of sp³-hybridized carbons (Fsp3) is 0.545. The lowest BCUT2D eigenvalue weighted by molar-refractivity contribution is -0.147. The lowest BCUT2D eigenvalue weighted by atomic mass is 10.1. The predicted molar refractivity (Wildman–Crippen MR) is 121 cm³/mol. The zero-order valence-electron chi connectivity index (χ0n) is 18.3. The Morgan fingerprint density at radius 1 is 1.35 bits per heavy atom. The molecule has 0 aromatic heterocycles. The number of piperazine rings is 1. The molecule has 170 valence electrons. The van der Waals surface area contributed by atoms with E-state index >= 15 is 0 Å². The van der Waals surface area contributed by atoms with Crippen LogP contribution >= 0.6 is 12.2 Å². The van der Waals surface area contributed by atoms with Gasteiger partial charge in [-0.25, -0.2) is 0 Å². The number of hydrogen-bond donors (Lipinski definition) is 2. The lowest BCUT2D eigenvalue weighted by Gasteiger charge is -2.36. The van der Waals surface area contributed by atoms with E-state index in [-0.39, 0.29) is 17.4 Å². The molecule has 8 nitrogen and oxygen atoms in total. The molecule has 0 aliphatic carbocycles. The number of unbranched alkanes of at least 4 members (excludes halogenated alkanes) is 1. The third-order valence-corrected chi connectivity index (χ3v) is 4.95. The zero-order chi connectivity index (χ0) is 22.8. The number of carbonyl (C=O) groups excluding carboxylic acids is 3. The van der Waals surface area contributed by atoms with E-state index < -0.39 is 17.9 Å². The average Bonchev–Trinajstić information content (AvgIpc) is 2.74. The molecule has 0 radical (unpaired) electrons. The fourth-order valence-electron chi connectivity index (χ4n) is 2.94. The predicted octanol–water partition coefficient (Wildman–Crippen LogP) is 2.27. The second-order valence-electron chi connectivity index (χ2n) is 7.77. The van der Waals surface area contributed by atoms with Gasteiger partial charge in [0, 0.05) is 18.7 Å². The van der Waals surface area contributed by atoms with E-state index in [0.29, 0.717) is 43.5 Å². The maximum absolute atomic E-state index is 12.7. The van der Waals surface area contributed by atoms with Crippen molar-refractivity contribution in [3.8, 4) is 5.75 Å². The van der Waals surface area contributed by atoms with Crippen molar-refractivity contribution in [2.24, 2.45) is 5.92 Å². The number of esters is 1. The molecule has 1 aliphatic heterocycles. The van der Waals surface area contributed by atoms with Gasteiger partial charge in [-0.3, -0.25) is 19.7 Å². The summed E-state index contributed by atoms with van der Waals surface area (Å²) in [5.41, 5.74) is 0.389. The second-order valence-corrected chi connectivity index (χ2v) is 8.16. The van der Waals surface area contributed by atoms with Crippen LogP contribution in [0, 0.1) is 5.92 Å². The van der Waals surface area contributed by atoms with E-state index in [1.165, 1.54) is 0 Å². The van der Waals surface area contributed by atoms with Crippen molar-refractivity contribution < 1.29 is 23.9 Å². The molecular formula is C22H31N3O5S. The standard InChI is InChI=1S/C22H31N3O5S/c1-4-5-11-29-19(26)13-18-21(28)23-9-10-25(18)22(31)24-20(27)16-7-6-8-17(12-16)30-14-15(2)3/h6-8,12,15,18H,4-5,9-11,13-14H2,1-3H3,(H,23,28)(H,24,27,31). The monoisotopic (exact) mass is 449 g/mol. The first-order valence-corrected chi connectivity index (χ1v) is 11.0. The Morgan fingerprint density at radius 2 is 2.13 bits per heavy atom. The molecular weight excluding hydrogens is 418 g/mol. The summed E-state index contributed by atoms with van der Waals surface area (Å²) in [6.07, 6.45) is 1.54. The maximum Gasteiger partial charge on any atom is 0.308 e. The first kappa shape index (κ1) is 24.6. The van der Waals surface area contributed by atoms with Gasteiger partial charge in [-0.15, -0.1) is 0 Å². The van der Waals surface area contributed by atoms with Crippen molar-refractivity contribution in [2.45, 2.75) is 46.1 Å².